The van der Waals surface area contributed by atoms with Crippen LogP contribution in [0.5, 0.6) is 0 Å². The van der Waals surface area contributed by atoms with E-state index in [4.69, 9.17) is 0 Å². The van der Waals surface area contributed by atoms with E-state index in [0.29, 0.717) is 12.0 Å². The van der Waals surface area contributed by atoms with E-state index in [1.54, 1.807) is 12.3 Å². The second kappa shape index (κ2) is 7.10. The van der Waals surface area contributed by atoms with Crippen molar-refractivity contribution in [3.8, 4) is 0 Å². The lowest BCUT2D eigenvalue weighted by Gasteiger charge is -2.18. The third-order valence-electron chi connectivity index (χ3n) is 3.34. The molecule has 20 heavy (non-hydrogen) atoms. The lowest BCUT2D eigenvalue weighted by Crippen LogP contribution is -2.24. The van der Waals surface area contributed by atoms with E-state index in [9.17, 15) is 4.39 Å². The Morgan fingerprint density at radius 2 is 2.05 bits per heavy atom. The van der Waals surface area contributed by atoms with Crippen molar-refractivity contribution in [2.75, 3.05) is 6.54 Å². The Morgan fingerprint density at radius 1 is 1.20 bits per heavy atom. The van der Waals surface area contributed by atoms with Gasteiger partial charge in [0.1, 0.15) is 5.82 Å². The molecule has 2 heterocycles. The minimum atomic E-state index is -0.274. The first-order valence-electron chi connectivity index (χ1n) is 7.01. The minimum absolute atomic E-state index is 0.0806. The number of nitrogens with zero attached hydrogens (tertiary/aromatic N) is 2. The Kier molecular flexibility index (Phi) is 5.18. The van der Waals surface area contributed by atoms with Crippen molar-refractivity contribution in [1.29, 1.82) is 0 Å². The third kappa shape index (κ3) is 3.61. The number of hydrogen-bond donors (Lipinski definition) is 1. The molecule has 3 nitrogen and oxygen atoms in total. The van der Waals surface area contributed by atoms with Gasteiger partial charge in [-0.05, 0) is 30.7 Å². The highest BCUT2D eigenvalue weighted by Gasteiger charge is 2.15. The van der Waals surface area contributed by atoms with Crippen LogP contribution in [-0.2, 0) is 12.8 Å². The highest BCUT2D eigenvalue weighted by atomic mass is 19.1. The van der Waals surface area contributed by atoms with Crippen LogP contribution in [-0.4, -0.2) is 16.5 Å². The van der Waals surface area contributed by atoms with E-state index in [1.165, 1.54) is 11.8 Å². The summed E-state index contributed by atoms with van der Waals surface area (Å²) in [5.41, 5.74) is 2.82. The highest BCUT2D eigenvalue weighted by Crippen LogP contribution is 2.20. The molecular weight excluding hydrogens is 253 g/mol. The summed E-state index contributed by atoms with van der Waals surface area (Å²) in [6.45, 7) is 4.89. The molecule has 0 saturated heterocycles. The first-order valence-corrected chi connectivity index (χ1v) is 7.01. The summed E-state index contributed by atoms with van der Waals surface area (Å²) >= 11 is 0. The number of hydrogen-bond acceptors (Lipinski definition) is 3. The van der Waals surface area contributed by atoms with Crippen molar-refractivity contribution < 1.29 is 4.39 Å². The fourth-order valence-electron chi connectivity index (χ4n) is 2.20. The summed E-state index contributed by atoms with van der Waals surface area (Å²) in [6.07, 6.45) is 6.41. The molecular formula is C16H20FN3. The summed E-state index contributed by atoms with van der Waals surface area (Å²) in [4.78, 5) is 8.25. The fraction of sp³-hybridized carbons (Fsp3) is 0.375. The van der Waals surface area contributed by atoms with Crippen LogP contribution in [0, 0.1) is 5.82 Å². The van der Waals surface area contributed by atoms with Gasteiger partial charge in [-0.25, -0.2) is 4.39 Å². The number of pyridine rings is 2. The third-order valence-corrected chi connectivity index (χ3v) is 3.34. The topological polar surface area (TPSA) is 37.8 Å². The van der Waals surface area contributed by atoms with Crippen molar-refractivity contribution in [1.82, 2.24) is 15.3 Å². The Morgan fingerprint density at radius 3 is 2.65 bits per heavy atom. The number of aryl methyl sites for hydroxylation is 1. The number of likely N-dealkylation sites (N-methyl/N-ethyl adjacent to an activating group) is 1. The first-order chi connectivity index (χ1) is 9.74. The van der Waals surface area contributed by atoms with Crippen LogP contribution >= 0.6 is 0 Å². The van der Waals surface area contributed by atoms with E-state index in [1.807, 2.05) is 19.2 Å². The van der Waals surface area contributed by atoms with Crippen molar-refractivity contribution in [2.24, 2.45) is 0 Å². The summed E-state index contributed by atoms with van der Waals surface area (Å²) in [5.74, 6) is -0.274. The summed E-state index contributed by atoms with van der Waals surface area (Å²) in [5, 5.41) is 3.31. The lowest BCUT2D eigenvalue weighted by atomic mass is 10.0. The Labute approximate surface area is 119 Å². The van der Waals surface area contributed by atoms with Crippen molar-refractivity contribution in [2.45, 2.75) is 32.7 Å². The smallest absolute Gasteiger partial charge is 0.146 e. The van der Waals surface area contributed by atoms with Gasteiger partial charge in [0.05, 0.1) is 6.20 Å². The number of rotatable bonds is 6. The monoisotopic (exact) mass is 273 g/mol. The van der Waals surface area contributed by atoms with Crippen LogP contribution in [0.25, 0.3) is 0 Å². The summed E-state index contributed by atoms with van der Waals surface area (Å²) in [6, 6.07) is 5.74. The zero-order valence-electron chi connectivity index (χ0n) is 11.9. The lowest BCUT2D eigenvalue weighted by molar-refractivity contribution is 0.503. The predicted octanol–water partition coefficient (Wildman–Crippen LogP) is 3.07. The molecule has 0 aromatic carbocycles. The van der Waals surface area contributed by atoms with Crippen LogP contribution in [0.3, 0.4) is 0 Å². The van der Waals surface area contributed by atoms with E-state index in [0.717, 1.165) is 18.7 Å². The fourth-order valence-corrected chi connectivity index (χ4v) is 2.20. The van der Waals surface area contributed by atoms with Crippen molar-refractivity contribution in [3.63, 3.8) is 0 Å². The number of nitrogens with one attached hydrogen (secondary N) is 1. The normalized spacial score (nSPS) is 12.3. The van der Waals surface area contributed by atoms with Crippen molar-refractivity contribution in [3.05, 3.63) is 59.4 Å². The van der Waals surface area contributed by atoms with Crippen LogP contribution in [0.1, 0.15) is 36.7 Å². The molecule has 2 aromatic rings. The van der Waals surface area contributed by atoms with Gasteiger partial charge in [0.25, 0.3) is 0 Å². The summed E-state index contributed by atoms with van der Waals surface area (Å²) < 4.78 is 13.9. The average Bonchev–Trinajstić information content (AvgIpc) is 2.48. The Balaban J connectivity index is 2.18. The summed E-state index contributed by atoms with van der Waals surface area (Å²) in [7, 11) is 0. The van der Waals surface area contributed by atoms with E-state index >= 15 is 0 Å². The molecule has 4 heteroatoms. The SMILES string of the molecule is CCNC(Cc1ccc(CC)cn1)c1ccncc1F. The Hall–Kier alpha value is -1.81. The van der Waals surface area contributed by atoms with Gasteiger partial charge < -0.3 is 5.32 Å². The molecule has 0 fully saturated rings. The van der Waals surface area contributed by atoms with Gasteiger partial charge in [-0.1, -0.05) is 19.9 Å². The van der Waals surface area contributed by atoms with Crippen LogP contribution < -0.4 is 5.32 Å². The maximum atomic E-state index is 13.9. The van der Waals surface area contributed by atoms with Gasteiger partial charge in [-0.15, -0.1) is 0 Å². The molecule has 0 bridgehead atoms. The van der Waals surface area contributed by atoms with Crippen LogP contribution in [0.15, 0.2) is 36.8 Å². The predicted molar refractivity (Wildman–Crippen MR) is 77.9 cm³/mol. The standard InChI is InChI=1S/C16H20FN3/c1-3-12-5-6-13(20-10-12)9-16(19-4-2)14-7-8-18-11-15(14)17/h5-8,10-11,16,19H,3-4,9H2,1-2H3. The molecule has 0 amide bonds. The van der Waals surface area contributed by atoms with E-state index in [-0.39, 0.29) is 11.9 Å². The maximum absolute atomic E-state index is 13.9. The zero-order chi connectivity index (χ0) is 14.4. The molecule has 2 rings (SSSR count). The maximum Gasteiger partial charge on any atom is 0.146 e. The molecule has 0 aliphatic carbocycles. The van der Waals surface area contributed by atoms with E-state index in [2.05, 4.69) is 28.3 Å². The van der Waals surface area contributed by atoms with Crippen molar-refractivity contribution >= 4 is 0 Å². The molecule has 0 aliphatic rings. The molecule has 0 saturated carbocycles. The van der Waals surface area contributed by atoms with Gasteiger partial charge in [0.15, 0.2) is 0 Å². The molecule has 0 aliphatic heterocycles. The van der Waals surface area contributed by atoms with Crippen LogP contribution in [0.2, 0.25) is 0 Å². The molecule has 1 atom stereocenters. The quantitative estimate of drug-likeness (QED) is 0.879. The first kappa shape index (κ1) is 14.6. The van der Waals surface area contributed by atoms with Gasteiger partial charge >= 0.3 is 0 Å². The second-order valence-electron chi connectivity index (χ2n) is 4.72. The van der Waals surface area contributed by atoms with Gasteiger partial charge in [-0.3, -0.25) is 9.97 Å². The minimum Gasteiger partial charge on any atom is -0.310 e. The number of aromatic nitrogens is 2. The average molecular weight is 273 g/mol. The Bertz CT molecular complexity index is 540. The van der Waals surface area contributed by atoms with Gasteiger partial charge in [0, 0.05) is 36.1 Å². The molecule has 2 aromatic heterocycles. The molecule has 0 spiro atoms. The molecule has 1 N–H and O–H groups in total. The van der Waals surface area contributed by atoms with E-state index < -0.39 is 0 Å². The molecule has 0 radical (unpaired) electrons. The molecule has 106 valence electrons. The zero-order valence-corrected chi connectivity index (χ0v) is 11.9. The highest BCUT2D eigenvalue weighted by molar-refractivity contribution is 5.21. The number of halogens is 1. The second-order valence-corrected chi connectivity index (χ2v) is 4.72. The largest absolute Gasteiger partial charge is 0.310 e. The van der Waals surface area contributed by atoms with Gasteiger partial charge in [-0.2, -0.15) is 0 Å². The molecule has 1 unspecified atom stereocenters. The van der Waals surface area contributed by atoms with Gasteiger partial charge in [0.2, 0.25) is 0 Å². The van der Waals surface area contributed by atoms with Crippen LogP contribution in [0.4, 0.5) is 4.39 Å².